The van der Waals surface area contributed by atoms with Gasteiger partial charge in [-0.25, -0.2) is 4.39 Å². The Balaban J connectivity index is 2.11. The van der Waals surface area contributed by atoms with Gasteiger partial charge in [0.25, 0.3) is 0 Å². The van der Waals surface area contributed by atoms with Crippen molar-refractivity contribution in [3.8, 4) is 0 Å². The molecule has 0 bridgehead atoms. The van der Waals surface area contributed by atoms with E-state index in [1.807, 2.05) is 0 Å². The molecule has 4 nitrogen and oxygen atoms in total. The van der Waals surface area contributed by atoms with E-state index in [-0.39, 0.29) is 18.3 Å². The minimum absolute atomic E-state index is 0.165. The fourth-order valence-electron chi connectivity index (χ4n) is 1.88. The number of hydrogen-bond acceptors (Lipinski definition) is 2. The van der Waals surface area contributed by atoms with Gasteiger partial charge < -0.3 is 11.1 Å². The molecule has 1 aromatic rings. The van der Waals surface area contributed by atoms with Crippen LogP contribution in [0.5, 0.6) is 0 Å². The summed E-state index contributed by atoms with van der Waals surface area (Å²) in [6.45, 7) is -0.165. The van der Waals surface area contributed by atoms with Crippen LogP contribution in [0.3, 0.4) is 0 Å². The molecule has 1 fully saturated rings. The third-order valence-electron chi connectivity index (χ3n) is 3.00. The molecule has 5 heteroatoms. The minimum Gasteiger partial charge on any atom is -0.368 e. The maximum atomic E-state index is 12.8. The lowest BCUT2D eigenvalue weighted by atomic mass is 9.95. The second-order valence-electron chi connectivity index (χ2n) is 4.24. The average molecular weight is 236 g/mol. The van der Waals surface area contributed by atoms with Crippen LogP contribution in [0.25, 0.3) is 0 Å². The fourth-order valence-corrected chi connectivity index (χ4v) is 1.88. The molecule has 2 amide bonds. The van der Waals surface area contributed by atoms with E-state index in [2.05, 4.69) is 5.32 Å². The summed E-state index contributed by atoms with van der Waals surface area (Å²) in [5, 5.41) is 2.49. The van der Waals surface area contributed by atoms with Gasteiger partial charge in [-0.2, -0.15) is 0 Å². The highest BCUT2D eigenvalue weighted by Gasteiger charge is 2.51. The van der Waals surface area contributed by atoms with Gasteiger partial charge in [0.1, 0.15) is 5.82 Å². The maximum Gasteiger partial charge on any atom is 0.236 e. The lowest BCUT2D eigenvalue weighted by Gasteiger charge is -2.14. The summed E-state index contributed by atoms with van der Waals surface area (Å²) in [7, 11) is 0. The molecule has 0 spiro atoms. The largest absolute Gasteiger partial charge is 0.368 e. The number of halogens is 1. The fraction of sp³-hybridized carbons (Fsp3) is 0.333. The number of benzene rings is 1. The molecule has 1 aliphatic rings. The Hall–Kier alpha value is -1.91. The van der Waals surface area contributed by atoms with Crippen LogP contribution in [0.15, 0.2) is 24.3 Å². The van der Waals surface area contributed by atoms with Crippen LogP contribution in [0.4, 0.5) is 4.39 Å². The highest BCUT2D eigenvalue weighted by Crippen LogP contribution is 2.48. The molecule has 17 heavy (non-hydrogen) atoms. The summed E-state index contributed by atoms with van der Waals surface area (Å²) in [5.41, 5.74) is 5.14. The summed E-state index contributed by atoms with van der Waals surface area (Å²) in [4.78, 5) is 22.5. The monoisotopic (exact) mass is 236 g/mol. The third-order valence-corrected chi connectivity index (χ3v) is 3.00. The molecule has 3 N–H and O–H groups in total. The summed E-state index contributed by atoms with van der Waals surface area (Å²) in [6.07, 6.45) is 1.42. The van der Waals surface area contributed by atoms with Gasteiger partial charge >= 0.3 is 0 Å². The predicted molar refractivity (Wildman–Crippen MR) is 59.5 cm³/mol. The van der Waals surface area contributed by atoms with Crippen molar-refractivity contribution in [1.82, 2.24) is 5.32 Å². The maximum absolute atomic E-state index is 12.8. The van der Waals surface area contributed by atoms with Crippen LogP contribution >= 0.6 is 0 Å². The van der Waals surface area contributed by atoms with Gasteiger partial charge in [0.05, 0.1) is 12.0 Å². The van der Waals surface area contributed by atoms with E-state index in [1.165, 1.54) is 12.1 Å². The van der Waals surface area contributed by atoms with Gasteiger partial charge in [-0.15, -0.1) is 0 Å². The normalized spacial score (nSPS) is 16.3. The number of rotatable bonds is 4. The summed E-state index contributed by atoms with van der Waals surface area (Å²) >= 11 is 0. The molecule has 0 unspecified atom stereocenters. The first-order valence-electron chi connectivity index (χ1n) is 5.37. The number of hydrogen-bond donors (Lipinski definition) is 2. The first kappa shape index (κ1) is 11.6. The quantitative estimate of drug-likeness (QED) is 0.797. The highest BCUT2D eigenvalue weighted by atomic mass is 19.1. The first-order valence-corrected chi connectivity index (χ1v) is 5.37. The molecule has 0 aliphatic heterocycles. The second-order valence-corrected chi connectivity index (χ2v) is 4.24. The van der Waals surface area contributed by atoms with Crippen molar-refractivity contribution < 1.29 is 14.0 Å². The van der Waals surface area contributed by atoms with Crippen molar-refractivity contribution in [1.29, 1.82) is 0 Å². The van der Waals surface area contributed by atoms with Crippen molar-refractivity contribution in [2.45, 2.75) is 18.3 Å². The second kappa shape index (κ2) is 4.16. The standard InChI is InChI=1S/C12H13FN2O2/c13-9-3-1-8(2-4-9)12(5-6-12)11(17)15-7-10(14)16/h1-4H,5-7H2,(H2,14,16)(H,15,17). The summed E-state index contributed by atoms with van der Waals surface area (Å²) < 4.78 is 12.8. The molecule has 0 radical (unpaired) electrons. The van der Waals surface area contributed by atoms with Gasteiger partial charge in [-0.05, 0) is 30.5 Å². The smallest absolute Gasteiger partial charge is 0.236 e. The van der Waals surface area contributed by atoms with Crippen LogP contribution in [0, 0.1) is 5.82 Å². The molecule has 0 saturated heterocycles. The summed E-state index contributed by atoms with van der Waals surface area (Å²) in [5.74, 6) is -1.13. The van der Waals surface area contributed by atoms with Crippen LogP contribution in [0.2, 0.25) is 0 Å². The van der Waals surface area contributed by atoms with E-state index in [0.29, 0.717) is 12.8 Å². The van der Waals surface area contributed by atoms with Crippen LogP contribution in [-0.4, -0.2) is 18.4 Å². The van der Waals surface area contributed by atoms with E-state index < -0.39 is 11.3 Å². The van der Waals surface area contributed by atoms with Crippen LogP contribution in [0.1, 0.15) is 18.4 Å². The van der Waals surface area contributed by atoms with Gasteiger partial charge in [0, 0.05) is 0 Å². The molecule has 0 aromatic heterocycles. The zero-order chi connectivity index (χ0) is 12.5. The zero-order valence-corrected chi connectivity index (χ0v) is 9.20. The Morgan fingerprint density at radius 3 is 2.35 bits per heavy atom. The van der Waals surface area contributed by atoms with Crippen LogP contribution < -0.4 is 11.1 Å². The van der Waals surface area contributed by atoms with E-state index in [4.69, 9.17) is 5.73 Å². The molecular formula is C12H13FN2O2. The number of amides is 2. The molecule has 90 valence electrons. The SMILES string of the molecule is NC(=O)CNC(=O)C1(c2ccc(F)cc2)CC1. The number of carbonyl (C=O) groups is 2. The molecule has 1 saturated carbocycles. The number of nitrogens with two attached hydrogens (primary N) is 1. The predicted octanol–water partition coefficient (Wildman–Crippen LogP) is 0.459. The number of primary amides is 1. The zero-order valence-electron chi connectivity index (χ0n) is 9.20. The Morgan fingerprint density at radius 1 is 1.29 bits per heavy atom. The van der Waals surface area contributed by atoms with E-state index >= 15 is 0 Å². The van der Waals surface area contributed by atoms with Crippen molar-refractivity contribution in [3.63, 3.8) is 0 Å². The Morgan fingerprint density at radius 2 is 1.88 bits per heavy atom. The highest BCUT2D eigenvalue weighted by molar-refractivity contribution is 5.93. The van der Waals surface area contributed by atoms with Crippen molar-refractivity contribution in [3.05, 3.63) is 35.6 Å². The van der Waals surface area contributed by atoms with Crippen molar-refractivity contribution in [2.24, 2.45) is 5.73 Å². The van der Waals surface area contributed by atoms with E-state index in [1.54, 1.807) is 12.1 Å². The van der Waals surface area contributed by atoms with E-state index in [0.717, 1.165) is 5.56 Å². The molecule has 2 rings (SSSR count). The molecule has 1 aromatic carbocycles. The molecule has 0 atom stereocenters. The molecule has 0 heterocycles. The lowest BCUT2D eigenvalue weighted by molar-refractivity contribution is -0.126. The molecular weight excluding hydrogens is 223 g/mol. The average Bonchev–Trinajstić information content (AvgIpc) is 3.08. The Labute approximate surface area is 98.0 Å². The first-order chi connectivity index (χ1) is 8.04. The van der Waals surface area contributed by atoms with Gasteiger partial charge in [0.2, 0.25) is 11.8 Å². The Kier molecular flexibility index (Phi) is 2.83. The lowest BCUT2D eigenvalue weighted by Crippen LogP contribution is -2.39. The van der Waals surface area contributed by atoms with Crippen molar-refractivity contribution in [2.75, 3.05) is 6.54 Å². The van der Waals surface area contributed by atoms with Crippen LogP contribution in [-0.2, 0) is 15.0 Å². The molecule has 1 aliphatic carbocycles. The topological polar surface area (TPSA) is 72.2 Å². The van der Waals surface area contributed by atoms with Gasteiger partial charge in [-0.3, -0.25) is 9.59 Å². The van der Waals surface area contributed by atoms with E-state index in [9.17, 15) is 14.0 Å². The van der Waals surface area contributed by atoms with Gasteiger partial charge in [-0.1, -0.05) is 12.1 Å². The Bertz CT molecular complexity index is 452. The number of nitrogens with one attached hydrogen (secondary N) is 1. The number of carbonyl (C=O) groups excluding carboxylic acids is 2. The van der Waals surface area contributed by atoms with Crippen molar-refractivity contribution >= 4 is 11.8 Å². The van der Waals surface area contributed by atoms with Gasteiger partial charge in [0.15, 0.2) is 0 Å². The summed E-state index contributed by atoms with van der Waals surface area (Å²) in [6, 6.07) is 5.87. The third kappa shape index (κ3) is 2.27. The minimum atomic E-state index is -0.594.